The molecule has 2 unspecified atom stereocenters. The van der Waals surface area contributed by atoms with Crippen LogP contribution in [0.2, 0.25) is 0 Å². The first-order valence-corrected chi connectivity index (χ1v) is 7.35. The van der Waals surface area contributed by atoms with Crippen LogP contribution in [-0.4, -0.2) is 22.1 Å². The second-order valence-electron chi connectivity index (χ2n) is 4.14. The molecule has 4 nitrogen and oxygen atoms in total. The SMILES string of the molecule is CCc1ccc(P(=O)(O)CC(C)C(=O)O)cc1. The predicted octanol–water partition coefficient (Wildman–Crippen LogP) is 1.87. The number of benzene rings is 1. The number of aryl methyl sites for hydroxylation is 1. The average molecular weight is 256 g/mol. The molecule has 2 atom stereocenters. The van der Waals surface area contributed by atoms with E-state index in [0.717, 1.165) is 12.0 Å². The van der Waals surface area contributed by atoms with Gasteiger partial charge in [0.1, 0.15) is 0 Å². The minimum atomic E-state index is -3.57. The fraction of sp³-hybridized carbons (Fsp3) is 0.417. The van der Waals surface area contributed by atoms with E-state index in [1.165, 1.54) is 6.92 Å². The van der Waals surface area contributed by atoms with E-state index in [4.69, 9.17) is 5.11 Å². The van der Waals surface area contributed by atoms with Gasteiger partial charge >= 0.3 is 5.97 Å². The molecule has 2 N–H and O–H groups in total. The van der Waals surface area contributed by atoms with E-state index < -0.39 is 19.3 Å². The van der Waals surface area contributed by atoms with Crippen molar-refractivity contribution in [3.05, 3.63) is 29.8 Å². The Morgan fingerprint density at radius 1 is 1.35 bits per heavy atom. The van der Waals surface area contributed by atoms with Crippen LogP contribution in [-0.2, 0) is 15.8 Å². The fourth-order valence-corrected chi connectivity index (χ4v) is 3.24. The van der Waals surface area contributed by atoms with Crippen molar-refractivity contribution < 1.29 is 19.4 Å². The monoisotopic (exact) mass is 256 g/mol. The molecule has 5 heteroatoms. The van der Waals surface area contributed by atoms with Crippen LogP contribution in [0, 0.1) is 5.92 Å². The molecule has 17 heavy (non-hydrogen) atoms. The molecule has 1 rings (SSSR count). The predicted molar refractivity (Wildman–Crippen MR) is 66.9 cm³/mol. The quantitative estimate of drug-likeness (QED) is 0.788. The normalized spacial score (nSPS) is 16.2. The number of carboxylic acid groups (broad SMARTS) is 1. The molecule has 1 aromatic carbocycles. The van der Waals surface area contributed by atoms with Crippen LogP contribution in [0.3, 0.4) is 0 Å². The molecule has 0 bridgehead atoms. The lowest BCUT2D eigenvalue weighted by Crippen LogP contribution is -2.18. The Labute approximate surface area is 101 Å². The number of carboxylic acids is 1. The summed E-state index contributed by atoms with van der Waals surface area (Å²) in [6.45, 7) is 3.44. The molecule has 1 aromatic rings. The lowest BCUT2D eigenvalue weighted by atomic mass is 10.2. The summed E-state index contributed by atoms with van der Waals surface area (Å²) >= 11 is 0. The molecular weight excluding hydrogens is 239 g/mol. The third kappa shape index (κ3) is 3.69. The highest BCUT2D eigenvalue weighted by Crippen LogP contribution is 2.41. The van der Waals surface area contributed by atoms with Crippen LogP contribution in [0.25, 0.3) is 0 Å². The van der Waals surface area contributed by atoms with Gasteiger partial charge in [0.2, 0.25) is 7.37 Å². The van der Waals surface area contributed by atoms with Crippen LogP contribution >= 0.6 is 7.37 Å². The van der Waals surface area contributed by atoms with Gasteiger partial charge in [0, 0.05) is 11.5 Å². The second kappa shape index (κ2) is 5.48. The number of aliphatic carboxylic acids is 1. The molecule has 0 aliphatic carbocycles. The van der Waals surface area contributed by atoms with Crippen molar-refractivity contribution >= 4 is 18.6 Å². The average Bonchev–Trinajstić information content (AvgIpc) is 2.28. The lowest BCUT2D eigenvalue weighted by molar-refractivity contribution is -0.140. The molecule has 0 aliphatic heterocycles. The molecule has 0 aromatic heterocycles. The first-order valence-electron chi connectivity index (χ1n) is 5.51. The highest BCUT2D eigenvalue weighted by Gasteiger charge is 2.27. The van der Waals surface area contributed by atoms with Gasteiger partial charge in [0.15, 0.2) is 0 Å². The Hall–Kier alpha value is -1.12. The van der Waals surface area contributed by atoms with Crippen LogP contribution < -0.4 is 5.30 Å². The zero-order chi connectivity index (χ0) is 13.1. The van der Waals surface area contributed by atoms with Crippen molar-refractivity contribution in [2.24, 2.45) is 5.92 Å². The van der Waals surface area contributed by atoms with Gasteiger partial charge in [-0.3, -0.25) is 9.36 Å². The summed E-state index contributed by atoms with van der Waals surface area (Å²) < 4.78 is 12.0. The maximum Gasteiger partial charge on any atom is 0.306 e. The highest BCUT2D eigenvalue weighted by atomic mass is 31.2. The molecule has 0 fully saturated rings. The summed E-state index contributed by atoms with van der Waals surface area (Å²) in [6, 6.07) is 6.80. The van der Waals surface area contributed by atoms with Crippen molar-refractivity contribution in [3.8, 4) is 0 Å². The maximum absolute atomic E-state index is 12.0. The Morgan fingerprint density at radius 3 is 2.29 bits per heavy atom. The van der Waals surface area contributed by atoms with Gasteiger partial charge in [0.05, 0.1) is 5.92 Å². The van der Waals surface area contributed by atoms with Gasteiger partial charge in [0.25, 0.3) is 0 Å². The zero-order valence-electron chi connectivity index (χ0n) is 9.96. The molecular formula is C12H17O4P. The Kier molecular flexibility index (Phi) is 4.49. The minimum absolute atomic E-state index is 0.228. The minimum Gasteiger partial charge on any atom is -0.481 e. The van der Waals surface area contributed by atoms with Crippen molar-refractivity contribution in [3.63, 3.8) is 0 Å². The van der Waals surface area contributed by atoms with E-state index in [2.05, 4.69) is 0 Å². The van der Waals surface area contributed by atoms with Crippen LogP contribution in [0.5, 0.6) is 0 Å². The van der Waals surface area contributed by atoms with Gasteiger partial charge in [-0.2, -0.15) is 0 Å². The second-order valence-corrected chi connectivity index (χ2v) is 6.43. The molecule has 94 valence electrons. The standard InChI is InChI=1S/C12H17O4P/c1-3-10-4-6-11(7-5-10)17(15,16)8-9(2)12(13)14/h4-7,9H,3,8H2,1-2H3,(H,13,14)(H,15,16). The van der Waals surface area contributed by atoms with E-state index in [9.17, 15) is 14.3 Å². The molecule has 0 aliphatic rings. The summed E-state index contributed by atoms with van der Waals surface area (Å²) in [7, 11) is -3.57. The number of carbonyl (C=O) groups is 1. The van der Waals surface area contributed by atoms with Crippen molar-refractivity contribution in [1.29, 1.82) is 0 Å². The van der Waals surface area contributed by atoms with Gasteiger partial charge in [-0.1, -0.05) is 26.0 Å². The van der Waals surface area contributed by atoms with Crippen molar-refractivity contribution in [1.82, 2.24) is 0 Å². The van der Waals surface area contributed by atoms with Crippen molar-refractivity contribution in [2.45, 2.75) is 20.3 Å². The molecule has 0 saturated heterocycles. The van der Waals surface area contributed by atoms with E-state index in [1.54, 1.807) is 24.3 Å². The summed E-state index contributed by atoms with van der Waals surface area (Å²) in [4.78, 5) is 20.5. The van der Waals surface area contributed by atoms with Crippen LogP contribution in [0.15, 0.2) is 24.3 Å². The first kappa shape index (κ1) is 13.9. The Morgan fingerprint density at radius 2 is 1.88 bits per heavy atom. The number of hydrogen-bond donors (Lipinski definition) is 2. The van der Waals surface area contributed by atoms with Gasteiger partial charge in [-0.25, -0.2) is 0 Å². The van der Waals surface area contributed by atoms with E-state index in [0.29, 0.717) is 5.30 Å². The van der Waals surface area contributed by atoms with Crippen molar-refractivity contribution in [2.75, 3.05) is 6.16 Å². The molecule has 0 amide bonds. The molecule has 0 saturated carbocycles. The fourth-order valence-electron chi connectivity index (χ4n) is 1.52. The topological polar surface area (TPSA) is 74.6 Å². The van der Waals surface area contributed by atoms with E-state index in [-0.39, 0.29) is 6.16 Å². The van der Waals surface area contributed by atoms with Gasteiger partial charge in [-0.05, 0) is 24.1 Å². The highest BCUT2D eigenvalue weighted by molar-refractivity contribution is 7.66. The number of rotatable bonds is 5. The smallest absolute Gasteiger partial charge is 0.306 e. The lowest BCUT2D eigenvalue weighted by Gasteiger charge is -2.14. The van der Waals surface area contributed by atoms with Gasteiger partial charge in [-0.15, -0.1) is 0 Å². The third-order valence-corrected chi connectivity index (χ3v) is 4.84. The largest absolute Gasteiger partial charge is 0.481 e. The summed E-state index contributed by atoms with van der Waals surface area (Å²) in [6.07, 6.45) is 0.634. The Bertz CT molecular complexity index is 438. The summed E-state index contributed by atoms with van der Waals surface area (Å²) in [5.41, 5.74) is 1.08. The third-order valence-electron chi connectivity index (χ3n) is 2.69. The number of hydrogen-bond acceptors (Lipinski definition) is 2. The zero-order valence-corrected chi connectivity index (χ0v) is 10.9. The molecule has 0 heterocycles. The molecule has 0 radical (unpaired) electrons. The Balaban J connectivity index is 2.88. The van der Waals surface area contributed by atoms with Crippen LogP contribution in [0.1, 0.15) is 19.4 Å². The summed E-state index contributed by atoms with van der Waals surface area (Å²) in [5.74, 6) is -1.87. The van der Waals surface area contributed by atoms with E-state index in [1.807, 2.05) is 6.92 Å². The summed E-state index contributed by atoms with van der Waals surface area (Å²) in [5, 5.41) is 9.06. The van der Waals surface area contributed by atoms with E-state index >= 15 is 0 Å². The van der Waals surface area contributed by atoms with Gasteiger partial charge < -0.3 is 10.00 Å². The van der Waals surface area contributed by atoms with Crippen LogP contribution in [0.4, 0.5) is 0 Å². The maximum atomic E-state index is 12.0. The first-order chi connectivity index (χ1) is 7.86. The molecule has 0 spiro atoms.